The van der Waals surface area contributed by atoms with E-state index in [0.29, 0.717) is 30.9 Å². The molecule has 0 bridgehead atoms. The van der Waals surface area contributed by atoms with E-state index in [2.05, 4.69) is 40.4 Å². The Balaban J connectivity index is 0.000000219. The molecule has 0 aliphatic carbocycles. The highest BCUT2D eigenvalue weighted by Gasteiger charge is 2.33. The second-order valence-electron chi connectivity index (χ2n) is 12.0. The summed E-state index contributed by atoms with van der Waals surface area (Å²) in [6.45, 7) is 5.38. The molecule has 0 saturated heterocycles. The molecule has 15 nitrogen and oxygen atoms in total. The molecule has 0 radical (unpaired) electrons. The van der Waals surface area contributed by atoms with Crippen LogP contribution in [0.3, 0.4) is 0 Å². The fourth-order valence-electron chi connectivity index (χ4n) is 5.28. The van der Waals surface area contributed by atoms with Crippen LogP contribution < -0.4 is 5.43 Å². The molecular formula is C34H32F6N10O5S2. The van der Waals surface area contributed by atoms with Gasteiger partial charge in [-0.05, 0) is 43.3 Å². The Bertz CT molecular complexity index is 2750. The zero-order chi connectivity index (χ0) is 42.1. The summed E-state index contributed by atoms with van der Waals surface area (Å²) < 4.78 is 130. The smallest absolute Gasteiger partial charge is 0.310 e. The predicted molar refractivity (Wildman–Crippen MR) is 196 cm³/mol. The highest BCUT2D eigenvalue weighted by molar-refractivity contribution is 7.91. The summed E-state index contributed by atoms with van der Waals surface area (Å²) in [6.07, 6.45) is -5.93. The minimum absolute atomic E-state index is 0.00690. The third kappa shape index (κ3) is 8.77. The summed E-state index contributed by atoms with van der Waals surface area (Å²) in [5, 5.41) is 3.96. The summed E-state index contributed by atoms with van der Waals surface area (Å²) >= 11 is 0. The van der Waals surface area contributed by atoms with E-state index in [4.69, 9.17) is 0 Å². The lowest BCUT2D eigenvalue weighted by atomic mass is 10.2. The van der Waals surface area contributed by atoms with E-state index in [-0.39, 0.29) is 72.4 Å². The number of alkyl halides is 6. The number of carbonyl (C=O) groups excluding carboxylic acids is 1. The molecule has 0 spiro atoms. The van der Waals surface area contributed by atoms with Gasteiger partial charge in [0, 0.05) is 33.0 Å². The highest BCUT2D eigenvalue weighted by atomic mass is 32.2. The molecule has 1 N–H and O–H groups in total. The fraction of sp³-hybridized carbons (Fsp3) is 0.294. The standard InChI is InChI=1S/C18H19F3N6O2S.C16H13F3N4O3S/c1-4-23-24-10-12-6-7-14(30(28,29)5-2)15(25-12)17-26-13-8-11(18(19,20)21)9-22-16(13)27(17)3;1-3-27(25,26)12-5-4-10(8-24)21-13(12)15-22-11-6-9(16(17,18)19)7-20-14(11)23(15)2/h6-10,23H,4-5H2,1-3H3;4-8H,3H2,1-2H3/b24-10+;. The van der Waals surface area contributed by atoms with Crippen molar-refractivity contribution in [2.45, 2.75) is 42.9 Å². The molecule has 6 heterocycles. The number of carbonyl (C=O) groups is 1. The number of sulfone groups is 2. The minimum atomic E-state index is -4.59. The summed E-state index contributed by atoms with van der Waals surface area (Å²) in [7, 11) is -4.39. The van der Waals surface area contributed by atoms with E-state index in [1.54, 1.807) is 0 Å². The van der Waals surface area contributed by atoms with Gasteiger partial charge in [-0.3, -0.25) is 4.79 Å². The van der Waals surface area contributed by atoms with E-state index < -0.39 is 43.2 Å². The highest BCUT2D eigenvalue weighted by Crippen LogP contribution is 2.34. The second kappa shape index (κ2) is 16.0. The average molecular weight is 839 g/mol. The number of halogens is 6. The number of pyridine rings is 4. The van der Waals surface area contributed by atoms with Crippen LogP contribution in [0.4, 0.5) is 26.3 Å². The van der Waals surface area contributed by atoms with E-state index in [1.807, 2.05) is 6.92 Å². The Kier molecular flexibility index (Phi) is 11.8. The van der Waals surface area contributed by atoms with Crippen LogP contribution in [0.2, 0.25) is 0 Å². The first kappa shape index (κ1) is 42.3. The third-order valence-electron chi connectivity index (χ3n) is 8.25. The van der Waals surface area contributed by atoms with Crippen molar-refractivity contribution in [3.05, 3.63) is 71.3 Å². The molecule has 0 amide bonds. The van der Waals surface area contributed by atoms with Crippen molar-refractivity contribution in [1.82, 2.24) is 44.5 Å². The summed E-state index contributed by atoms with van der Waals surface area (Å²) in [4.78, 5) is 35.2. The number of fused-ring (bicyclic) bond motifs is 2. The number of hydrogen-bond acceptors (Lipinski definition) is 13. The molecule has 6 aromatic heterocycles. The van der Waals surface area contributed by atoms with Gasteiger partial charge in [-0.2, -0.15) is 31.4 Å². The van der Waals surface area contributed by atoms with Crippen molar-refractivity contribution < 1.29 is 48.0 Å². The number of rotatable bonds is 10. The Hall–Kier alpha value is -5.84. The summed E-state index contributed by atoms with van der Waals surface area (Å²) in [6, 6.07) is 7.07. The van der Waals surface area contributed by atoms with Gasteiger partial charge in [0.1, 0.15) is 28.1 Å². The molecule has 0 fully saturated rings. The Morgan fingerprint density at radius 2 is 1.11 bits per heavy atom. The van der Waals surface area contributed by atoms with Crippen LogP contribution in [0.15, 0.2) is 63.7 Å². The lowest BCUT2D eigenvalue weighted by Gasteiger charge is -2.09. The first-order valence-electron chi connectivity index (χ1n) is 16.7. The van der Waals surface area contributed by atoms with Crippen molar-refractivity contribution in [1.29, 1.82) is 0 Å². The van der Waals surface area contributed by atoms with Crippen molar-refractivity contribution in [3.8, 4) is 23.0 Å². The lowest BCUT2D eigenvalue weighted by molar-refractivity contribution is -0.138. The quantitative estimate of drug-likeness (QED) is 0.0795. The van der Waals surface area contributed by atoms with Crippen LogP contribution in [-0.2, 0) is 46.1 Å². The normalized spacial score (nSPS) is 12.6. The maximum atomic E-state index is 13.0. The Morgan fingerprint density at radius 3 is 1.49 bits per heavy atom. The number of aldehydes is 1. The van der Waals surface area contributed by atoms with E-state index in [9.17, 15) is 48.0 Å². The van der Waals surface area contributed by atoms with E-state index in [0.717, 1.165) is 12.1 Å². The van der Waals surface area contributed by atoms with Crippen molar-refractivity contribution >= 4 is 54.5 Å². The third-order valence-corrected chi connectivity index (χ3v) is 11.8. The second-order valence-corrected chi connectivity index (χ2v) is 16.5. The Labute approximate surface area is 320 Å². The number of nitrogens with one attached hydrogen (secondary N) is 1. The average Bonchev–Trinajstić information content (AvgIpc) is 3.69. The Morgan fingerprint density at radius 1 is 0.684 bits per heavy atom. The SMILES string of the molecule is CCN/N=C/c1ccc(S(=O)(=O)CC)c(-c2nc3cc(C(F)(F)F)cnc3n2C)n1.CCS(=O)(=O)c1ccc(C=O)nc1-c1nc2cc(C(F)(F)F)cnc2n1C. The largest absolute Gasteiger partial charge is 0.417 e. The number of hydrazone groups is 1. The van der Waals surface area contributed by atoms with Gasteiger partial charge in [0.05, 0.1) is 44.3 Å². The maximum Gasteiger partial charge on any atom is 0.417 e. The van der Waals surface area contributed by atoms with Crippen LogP contribution >= 0.6 is 0 Å². The predicted octanol–water partition coefficient (Wildman–Crippen LogP) is 5.44. The zero-order valence-electron chi connectivity index (χ0n) is 30.5. The number of hydrogen-bond donors (Lipinski definition) is 1. The molecule has 23 heteroatoms. The van der Waals surface area contributed by atoms with Gasteiger partial charge < -0.3 is 14.6 Å². The van der Waals surface area contributed by atoms with Crippen molar-refractivity contribution in [2.24, 2.45) is 19.2 Å². The number of imidazole rings is 2. The maximum absolute atomic E-state index is 13.0. The minimum Gasteiger partial charge on any atom is -0.310 e. The molecule has 0 saturated carbocycles. The van der Waals surface area contributed by atoms with Crippen LogP contribution in [-0.4, -0.2) is 86.4 Å². The molecule has 6 aromatic rings. The molecular weight excluding hydrogens is 807 g/mol. The topological polar surface area (TPSA) is 197 Å². The number of aromatic nitrogens is 8. The molecule has 57 heavy (non-hydrogen) atoms. The molecule has 0 unspecified atom stereocenters. The molecule has 302 valence electrons. The monoisotopic (exact) mass is 838 g/mol. The first-order chi connectivity index (χ1) is 26.7. The van der Waals surface area contributed by atoms with Gasteiger partial charge in [0.25, 0.3) is 0 Å². The number of aryl methyl sites for hydroxylation is 2. The van der Waals surface area contributed by atoms with Crippen LogP contribution in [0, 0.1) is 0 Å². The van der Waals surface area contributed by atoms with Crippen LogP contribution in [0.5, 0.6) is 0 Å². The van der Waals surface area contributed by atoms with Gasteiger partial charge in [-0.1, -0.05) is 13.8 Å². The molecule has 0 aromatic carbocycles. The van der Waals surface area contributed by atoms with E-state index in [1.165, 1.54) is 67.6 Å². The molecule has 6 rings (SSSR count). The molecule has 0 aliphatic rings. The van der Waals surface area contributed by atoms with Gasteiger partial charge >= 0.3 is 12.4 Å². The summed E-state index contributed by atoms with van der Waals surface area (Å²) in [5.74, 6) is -0.315. The number of nitrogens with zero attached hydrogens (tertiary/aromatic N) is 9. The fourth-order valence-corrected chi connectivity index (χ4v) is 7.32. The van der Waals surface area contributed by atoms with E-state index >= 15 is 0 Å². The first-order valence-corrected chi connectivity index (χ1v) is 20.0. The lowest BCUT2D eigenvalue weighted by Crippen LogP contribution is -2.10. The summed E-state index contributed by atoms with van der Waals surface area (Å²) in [5.41, 5.74) is 1.26. The zero-order valence-corrected chi connectivity index (χ0v) is 32.2. The van der Waals surface area contributed by atoms with Crippen molar-refractivity contribution in [2.75, 3.05) is 18.1 Å². The molecule has 0 aliphatic heterocycles. The van der Waals surface area contributed by atoms with Crippen molar-refractivity contribution in [3.63, 3.8) is 0 Å². The van der Waals surface area contributed by atoms with Gasteiger partial charge in [-0.15, -0.1) is 0 Å². The van der Waals surface area contributed by atoms with Gasteiger partial charge in [-0.25, -0.2) is 46.7 Å². The van der Waals surface area contributed by atoms with Crippen LogP contribution in [0.1, 0.15) is 48.1 Å². The van der Waals surface area contributed by atoms with Gasteiger partial charge in [0.2, 0.25) is 0 Å². The van der Waals surface area contributed by atoms with Gasteiger partial charge in [0.15, 0.2) is 48.9 Å². The molecule has 0 atom stereocenters. The van der Waals surface area contributed by atoms with Crippen LogP contribution in [0.25, 0.3) is 45.4 Å².